The number of esters is 3. The molecule has 1 aromatic heterocycles. The molecule has 1 saturated heterocycles. The molecule has 0 radical (unpaired) electrons. The van der Waals surface area contributed by atoms with Crippen molar-refractivity contribution in [1.29, 1.82) is 0 Å². The molecule has 2 fully saturated rings. The Bertz CT molecular complexity index is 1650. The number of ether oxygens (including phenoxy) is 4. The molecule has 1 aromatic carbocycles. The molecule has 19 heteroatoms. The van der Waals surface area contributed by atoms with Crippen LogP contribution in [0.15, 0.2) is 33.4 Å². The Morgan fingerprint density at radius 1 is 0.945 bits per heavy atom. The van der Waals surface area contributed by atoms with Crippen molar-refractivity contribution in [2.75, 3.05) is 32.6 Å². The third-order valence-electron chi connectivity index (χ3n) is 9.56. The van der Waals surface area contributed by atoms with Crippen LogP contribution in [-0.2, 0) is 38.1 Å². The maximum atomic E-state index is 13.0. The molecule has 17 nitrogen and oxygen atoms in total. The van der Waals surface area contributed by atoms with E-state index in [9.17, 15) is 39.3 Å². The summed E-state index contributed by atoms with van der Waals surface area (Å²) in [5, 5.41) is 37.6. The second-order valence-corrected chi connectivity index (χ2v) is 16.1. The van der Waals surface area contributed by atoms with Crippen LogP contribution < -0.4 is 0 Å². The number of carbonyl (C=O) groups excluding carboxylic acids is 5. The summed E-state index contributed by atoms with van der Waals surface area (Å²) in [7, 11) is 4.66. The van der Waals surface area contributed by atoms with Gasteiger partial charge in [0.25, 0.3) is 5.91 Å². The van der Waals surface area contributed by atoms with E-state index in [1.165, 1.54) is 28.5 Å². The molecule has 5 unspecified atom stereocenters. The van der Waals surface area contributed by atoms with Crippen LogP contribution in [0.3, 0.4) is 0 Å². The summed E-state index contributed by atoms with van der Waals surface area (Å²) in [6, 6.07) is 5.03. The molecule has 0 bridgehead atoms. The van der Waals surface area contributed by atoms with Crippen LogP contribution in [0.4, 0.5) is 0 Å². The van der Waals surface area contributed by atoms with Gasteiger partial charge in [0.15, 0.2) is 0 Å². The minimum Gasteiger partial charge on any atom is -0.465 e. The number of carbonyl (C=O) groups is 5. The standard InChI is InChI=1S/C36H50N4O13S2/c1-5-54-55-29(21(2)40(20-41)18-32(44)50-19-28-34(46)35(47)33(45)22(3)51-28)15-16-49-30(42)7-6-8-31(43)52-25-12-10-24(11-13-25)39(4)36(48)23-9-14-26-27(17-23)38-53-37-26/h9,14,17,20,22,24-25,28,33-35,45-47H,5-8,10-13,15-16,18-19H2,1-4H3/b29-21-. The fourth-order valence-corrected chi connectivity index (χ4v) is 8.29. The predicted molar refractivity (Wildman–Crippen MR) is 200 cm³/mol. The van der Waals surface area contributed by atoms with E-state index in [0.717, 1.165) is 10.7 Å². The molecule has 2 aromatic rings. The molecule has 304 valence electrons. The number of rotatable bonds is 19. The van der Waals surface area contributed by atoms with Gasteiger partial charge in [-0.1, -0.05) is 28.5 Å². The average molecular weight is 811 g/mol. The van der Waals surface area contributed by atoms with E-state index in [4.69, 9.17) is 23.6 Å². The van der Waals surface area contributed by atoms with Crippen LogP contribution >= 0.6 is 21.6 Å². The van der Waals surface area contributed by atoms with Crippen LogP contribution in [-0.4, -0.2) is 141 Å². The third-order valence-corrected chi connectivity index (χ3v) is 12.3. The number of amides is 2. The van der Waals surface area contributed by atoms with Gasteiger partial charge in [-0.3, -0.25) is 24.0 Å². The maximum absolute atomic E-state index is 13.0. The Morgan fingerprint density at radius 3 is 2.36 bits per heavy atom. The lowest BCUT2D eigenvalue weighted by Crippen LogP contribution is -2.58. The van der Waals surface area contributed by atoms with Gasteiger partial charge in [0.1, 0.15) is 54.7 Å². The van der Waals surface area contributed by atoms with E-state index in [0.29, 0.717) is 59.3 Å². The van der Waals surface area contributed by atoms with Crippen LogP contribution in [0.1, 0.15) is 82.5 Å². The first kappa shape index (κ1) is 44.0. The quantitative estimate of drug-likeness (QED) is 0.0802. The molecular weight excluding hydrogens is 761 g/mol. The fraction of sp³-hybridized carbons (Fsp3) is 0.639. The van der Waals surface area contributed by atoms with Gasteiger partial charge in [-0.2, -0.15) is 0 Å². The van der Waals surface area contributed by atoms with E-state index >= 15 is 0 Å². The lowest BCUT2D eigenvalue weighted by molar-refractivity contribution is -0.227. The third kappa shape index (κ3) is 12.6. The molecule has 1 aliphatic carbocycles. The molecule has 55 heavy (non-hydrogen) atoms. The van der Waals surface area contributed by atoms with Crippen molar-refractivity contribution in [1.82, 2.24) is 20.1 Å². The summed E-state index contributed by atoms with van der Waals surface area (Å²) in [6.45, 7) is 4.31. The first-order valence-corrected chi connectivity index (χ1v) is 20.6. The number of aromatic nitrogens is 2. The largest absolute Gasteiger partial charge is 0.465 e. The molecule has 2 heterocycles. The molecule has 1 saturated carbocycles. The lowest BCUT2D eigenvalue weighted by Gasteiger charge is -2.39. The fourth-order valence-electron chi connectivity index (χ4n) is 6.23. The van der Waals surface area contributed by atoms with Crippen molar-refractivity contribution >= 4 is 62.8 Å². The monoisotopic (exact) mass is 810 g/mol. The van der Waals surface area contributed by atoms with Gasteiger partial charge in [0.2, 0.25) is 6.41 Å². The Balaban J connectivity index is 1.14. The predicted octanol–water partition coefficient (Wildman–Crippen LogP) is 2.76. The molecule has 2 aliphatic rings. The summed E-state index contributed by atoms with van der Waals surface area (Å²) in [6.07, 6.45) is -2.66. The number of benzene rings is 1. The zero-order valence-electron chi connectivity index (χ0n) is 31.4. The van der Waals surface area contributed by atoms with Gasteiger partial charge >= 0.3 is 17.9 Å². The van der Waals surface area contributed by atoms with Gasteiger partial charge in [-0.05, 0) is 74.5 Å². The lowest BCUT2D eigenvalue weighted by atomic mass is 9.91. The van der Waals surface area contributed by atoms with E-state index in [2.05, 4.69) is 10.3 Å². The molecule has 3 N–H and O–H groups in total. The topological polar surface area (TPSA) is 228 Å². The van der Waals surface area contributed by atoms with Crippen LogP contribution in [0.5, 0.6) is 0 Å². The molecule has 2 amide bonds. The summed E-state index contributed by atoms with van der Waals surface area (Å²) < 4.78 is 26.4. The van der Waals surface area contributed by atoms with Crippen molar-refractivity contribution in [3.05, 3.63) is 34.4 Å². The van der Waals surface area contributed by atoms with Gasteiger partial charge < -0.3 is 44.1 Å². The first-order valence-electron chi connectivity index (χ1n) is 18.2. The minimum absolute atomic E-state index is 0.000231. The van der Waals surface area contributed by atoms with Crippen molar-refractivity contribution < 1.29 is 62.9 Å². The molecule has 4 rings (SSSR count). The van der Waals surface area contributed by atoms with E-state index < -0.39 is 61.6 Å². The summed E-state index contributed by atoms with van der Waals surface area (Å²) in [5.41, 5.74) is 2.04. The first-order chi connectivity index (χ1) is 26.3. The smallest absolute Gasteiger partial charge is 0.326 e. The Hall–Kier alpha value is -3.75. The van der Waals surface area contributed by atoms with Gasteiger partial charge in [0.05, 0.1) is 12.7 Å². The van der Waals surface area contributed by atoms with Crippen molar-refractivity contribution in [2.24, 2.45) is 0 Å². The van der Waals surface area contributed by atoms with Gasteiger partial charge in [-0.25, -0.2) is 4.63 Å². The Kier molecular flexibility index (Phi) is 17.2. The number of aliphatic hydroxyl groups is 3. The van der Waals surface area contributed by atoms with Crippen LogP contribution in [0.25, 0.3) is 11.0 Å². The highest BCUT2D eigenvalue weighted by Crippen LogP contribution is 2.35. The number of hydrogen-bond donors (Lipinski definition) is 3. The van der Waals surface area contributed by atoms with E-state index in [1.807, 2.05) is 6.92 Å². The molecule has 5 atom stereocenters. The number of hydrogen-bond acceptors (Lipinski definition) is 17. The van der Waals surface area contributed by atoms with Crippen LogP contribution in [0.2, 0.25) is 0 Å². The van der Waals surface area contributed by atoms with Gasteiger partial charge in [0, 0.05) is 54.3 Å². The molecule has 0 spiro atoms. The highest BCUT2D eigenvalue weighted by atomic mass is 33.1. The van der Waals surface area contributed by atoms with Crippen molar-refractivity contribution in [3.8, 4) is 0 Å². The summed E-state index contributed by atoms with van der Waals surface area (Å²) in [4.78, 5) is 66.2. The molecular formula is C36H50N4O13S2. The van der Waals surface area contributed by atoms with E-state index in [-0.39, 0.29) is 50.3 Å². The maximum Gasteiger partial charge on any atom is 0.326 e. The Morgan fingerprint density at radius 2 is 1.65 bits per heavy atom. The summed E-state index contributed by atoms with van der Waals surface area (Å²) in [5.74, 6) is -1.05. The van der Waals surface area contributed by atoms with Crippen LogP contribution in [0, 0.1) is 0 Å². The highest BCUT2D eigenvalue weighted by molar-refractivity contribution is 8.78. The zero-order valence-corrected chi connectivity index (χ0v) is 33.0. The van der Waals surface area contributed by atoms with E-state index in [1.54, 1.807) is 37.1 Å². The second-order valence-electron chi connectivity index (χ2n) is 13.4. The van der Waals surface area contributed by atoms with Gasteiger partial charge in [-0.15, -0.1) is 0 Å². The number of fused-ring (bicyclic) bond motifs is 1. The Labute approximate surface area is 326 Å². The zero-order chi connectivity index (χ0) is 40.1. The number of aliphatic hydroxyl groups excluding tert-OH is 3. The summed E-state index contributed by atoms with van der Waals surface area (Å²) >= 11 is 0. The normalized spacial score (nSPS) is 24.4. The van der Waals surface area contributed by atoms with Crippen molar-refractivity contribution in [3.63, 3.8) is 0 Å². The SMILES string of the molecule is CCSS/C(CCOC(=O)CCCC(=O)OC1CCC(N(C)C(=O)c2ccc3nonc3c2)CC1)=C(/C)N(C=O)CC(=O)OCC1OC(C)C(O)C(O)C1O. The number of nitrogens with zero attached hydrogens (tertiary/aromatic N) is 4. The second kappa shape index (κ2) is 21.5. The average Bonchev–Trinajstić information content (AvgIpc) is 3.66. The van der Waals surface area contributed by atoms with Crippen molar-refractivity contribution in [2.45, 2.75) is 115 Å². The number of allylic oxidation sites excluding steroid dienone is 1. The minimum atomic E-state index is -1.47. The highest BCUT2D eigenvalue weighted by Gasteiger charge is 2.42. The molecule has 1 aliphatic heterocycles.